The highest BCUT2D eigenvalue weighted by molar-refractivity contribution is 5.85. The van der Waals surface area contributed by atoms with Gasteiger partial charge in [0.05, 0.1) is 0 Å². The Balaban J connectivity index is 0.00000144. The lowest BCUT2D eigenvalue weighted by Gasteiger charge is -2.35. The van der Waals surface area contributed by atoms with Crippen molar-refractivity contribution < 1.29 is 4.79 Å². The van der Waals surface area contributed by atoms with Crippen LogP contribution in [0.15, 0.2) is 30.3 Å². The summed E-state index contributed by atoms with van der Waals surface area (Å²) in [7, 11) is 0. The summed E-state index contributed by atoms with van der Waals surface area (Å²) in [6, 6.07) is 10.6. The summed E-state index contributed by atoms with van der Waals surface area (Å²) in [5.41, 5.74) is 1.36. The number of benzene rings is 1. The van der Waals surface area contributed by atoms with Crippen LogP contribution in [-0.2, 0) is 11.3 Å². The van der Waals surface area contributed by atoms with Crippen molar-refractivity contribution in [2.45, 2.75) is 25.8 Å². The average Bonchev–Trinajstić information content (AvgIpc) is 3.08. The minimum absolute atomic E-state index is 0. The predicted octanol–water partition coefficient (Wildman–Crippen LogP) is 2.56. The second-order valence-corrected chi connectivity index (χ2v) is 6.54. The summed E-state index contributed by atoms with van der Waals surface area (Å²) in [5.74, 6) is 1.06. The molecule has 0 spiro atoms. The first-order chi connectivity index (χ1) is 10.8. The SMILES string of the molecule is Cl.Cl.O=C(CCC1CCNC1)N1CCN(Cc2ccccc2)CC1. The quantitative estimate of drug-likeness (QED) is 0.861. The normalized spacial score (nSPS) is 21.0. The van der Waals surface area contributed by atoms with Gasteiger partial charge in [-0.05, 0) is 37.4 Å². The maximum absolute atomic E-state index is 12.3. The van der Waals surface area contributed by atoms with Crippen molar-refractivity contribution in [1.29, 1.82) is 0 Å². The van der Waals surface area contributed by atoms with Gasteiger partial charge < -0.3 is 10.2 Å². The molecule has 3 rings (SSSR count). The van der Waals surface area contributed by atoms with Gasteiger partial charge >= 0.3 is 0 Å². The summed E-state index contributed by atoms with van der Waals surface area (Å²) in [5, 5.41) is 3.37. The summed E-state index contributed by atoms with van der Waals surface area (Å²) >= 11 is 0. The second kappa shape index (κ2) is 10.9. The molecule has 0 radical (unpaired) electrons. The zero-order valence-corrected chi connectivity index (χ0v) is 15.8. The van der Waals surface area contributed by atoms with Gasteiger partial charge in [0.15, 0.2) is 0 Å². The van der Waals surface area contributed by atoms with E-state index in [0.717, 1.165) is 58.7 Å². The molecule has 1 atom stereocenters. The zero-order chi connectivity index (χ0) is 15.2. The van der Waals surface area contributed by atoms with Gasteiger partial charge in [-0.15, -0.1) is 24.8 Å². The molecule has 1 amide bonds. The average molecular weight is 374 g/mol. The van der Waals surface area contributed by atoms with Crippen LogP contribution in [0.5, 0.6) is 0 Å². The summed E-state index contributed by atoms with van der Waals surface area (Å²) in [6.45, 7) is 6.96. The summed E-state index contributed by atoms with van der Waals surface area (Å²) in [6.07, 6.45) is 3.01. The second-order valence-electron chi connectivity index (χ2n) is 6.54. The van der Waals surface area contributed by atoms with Crippen LogP contribution in [0.3, 0.4) is 0 Å². The highest BCUT2D eigenvalue weighted by Gasteiger charge is 2.22. The van der Waals surface area contributed by atoms with E-state index in [0.29, 0.717) is 11.8 Å². The van der Waals surface area contributed by atoms with Crippen LogP contribution in [0.1, 0.15) is 24.8 Å². The van der Waals surface area contributed by atoms with Crippen LogP contribution in [0.2, 0.25) is 0 Å². The first kappa shape index (κ1) is 21.2. The molecule has 6 heteroatoms. The van der Waals surface area contributed by atoms with E-state index in [2.05, 4.69) is 45.4 Å². The highest BCUT2D eigenvalue weighted by atomic mass is 35.5. The first-order valence-electron chi connectivity index (χ1n) is 8.56. The smallest absolute Gasteiger partial charge is 0.222 e. The standard InChI is InChI=1S/C18H27N3O.2ClH/c22-18(7-6-16-8-9-19-14-16)21-12-10-20(11-13-21)15-17-4-2-1-3-5-17;;/h1-5,16,19H,6-15H2;2*1H. The molecule has 0 bridgehead atoms. The Hall–Kier alpha value is -0.810. The van der Waals surface area contributed by atoms with Gasteiger partial charge in [-0.3, -0.25) is 9.69 Å². The van der Waals surface area contributed by atoms with Crippen molar-refractivity contribution in [3.63, 3.8) is 0 Å². The topological polar surface area (TPSA) is 35.6 Å². The molecule has 1 N–H and O–H groups in total. The minimum atomic E-state index is 0. The number of amides is 1. The third kappa shape index (κ3) is 6.25. The number of nitrogens with one attached hydrogen (secondary N) is 1. The van der Waals surface area contributed by atoms with E-state index in [1.807, 2.05) is 0 Å². The van der Waals surface area contributed by atoms with Gasteiger partial charge in [0, 0.05) is 39.1 Å². The van der Waals surface area contributed by atoms with Gasteiger partial charge in [0.1, 0.15) is 0 Å². The van der Waals surface area contributed by atoms with E-state index in [1.54, 1.807) is 0 Å². The molecule has 0 aromatic heterocycles. The highest BCUT2D eigenvalue weighted by Crippen LogP contribution is 2.16. The van der Waals surface area contributed by atoms with Crippen molar-refractivity contribution in [3.05, 3.63) is 35.9 Å². The van der Waals surface area contributed by atoms with Crippen LogP contribution in [0, 0.1) is 5.92 Å². The van der Waals surface area contributed by atoms with Gasteiger partial charge in [0.2, 0.25) is 5.91 Å². The number of halogens is 2. The van der Waals surface area contributed by atoms with E-state index < -0.39 is 0 Å². The molecule has 0 saturated carbocycles. The van der Waals surface area contributed by atoms with Gasteiger partial charge in [-0.25, -0.2) is 0 Å². The van der Waals surface area contributed by atoms with Crippen molar-refractivity contribution in [1.82, 2.24) is 15.1 Å². The van der Waals surface area contributed by atoms with Crippen LogP contribution in [0.4, 0.5) is 0 Å². The molecule has 2 aliphatic rings. The van der Waals surface area contributed by atoms with E-state index in [-0.39, 0.29) is 24.8 Å². The Bertz CT molecular complexity index is 472. The molecular formula is C18H29Cl2N3O. The van der Waals surface area contributed by atoms with Crippen molar-refractivity contribution >= 4 is 30.7 Å². The largest absolute Gasteiger partial charge is 0.340 e. The molecule has 24 heavy (non-hydrogen) atoms. The third-order valence-corrected chi connectivity index (χ3v) is 4.90. The van der Waals surface area contributed by atoms with Gasteiger partial charge in [0.25, 0.3) is 0 Å². The monoisotopic (exact) mass is 373 g/mol. The molecule has 136 valence electrons. The Kier molecular flexibility index (Phi) is 9.67. The molecule has 4 nitrogen and oxygen atoms in total. The zero-order valence-electron chi connectivity index (χ0n) is 14.2. The van der Waals surface area contributed by atoms with Crippen molar-refractivity contribution in [2.75, 3.05) is 39.3 Å². The Labute approximate surface area is 157 Å². The van der Waals surface area contributed by atoms with Crippen LogP contribution in [0.25, 0.3) is 0 Å². The Morgan fingerprint density at radius 3 is 2.42 bits per heavy atom. The summed E-state index contributed by atoms with van der Waals surface area (Å²) in [4.78, 5) is 16.8. The molecule has 2 saturated heterocycles. The number of carbonyl (C=O) groups excluding carboxylic acids is 1. The van der Waals surface area contributed by atoms with Crippen LogP contribution < -0.4 is 5.32 Å². The predicted molar refractivity (Wildman–Crippen MR) is 103 cm³/mol. The van der Waals surface area contributed by atoms with E-state index in [4.69, 9.17) is 0 Å². The first-order valence-corrected chi connectivity index (χ1v) is 8.56. The van der Waals surface area contributed by atoms with E-state index in [1.165, 1.54) is 12.0 Å². The summed E-state index contributed by atoms with van der Waals surface area (Å²) < 4.78 is 0. The van der Waals surface area contributed by atoms with Crippen molar-refractivity contribution in [3.8, 4) is 0 Å². The number of piperazine rings is 1. The molecular weight excluding hydrogens is 345 g/mol. The number of rotatable bonds is 5. The molecule has 2 heterocycles. The Morgan fingerprint density at radius 1 is 1.08 bits per heavy atom. The Morgan fingerprint density at radius 2 is 1.79 bits per heavy atom. The lowest BCUT2D eigenvalue weighted by Crippen LogP contribution is -2.48. The number of carbonyl (C=O) groups is 1. The molecule has 1 aromatic rings. The number of hydrogen-bond donors (Lipinski definition) is 1. The molecule has 1 aromatic carbocycles. The molecule has 2 fully saturated rings. The maximum Gasteiger partial charge on any atom is 0.222 e. The number of hydrogen-bond acceptors (Lipinski definition) is 3. The molecule has 2 aliphatic heterocycles. The third-order valence-electron chi connectivity index (χ3n) is 4.90. The van der Waals surface area contributed by atoms with E-state index >= 15 is 0 Å². The van der Waals surface area contributed by atoms with Gasteiger partial charge in [-0.2, -0.15) is 0 Å². The molecule has 0 aliphatic carbocycles. The fourth-order valence-electron chi connectivity index (χ4n) is 3.44. The van der Waals surface area contributed by atoms with E-state index in [9.17, 15) is 4.79 Å². The van der Waals surface area contributed by atoms with Gasteiger partial charge in [-0.1, -0.05) is 30.3 Å². The minimum Gasteiger partial charge on any atom is -0.340 e. The number of nitrogens with zero attached hydrogens (tertiary/aromatic N) is 2. The molecule has 1 unspecified atom stereocenters. The lowest BCUT2D eigenvalue weighted by atomic mass is 10.0. The van der Waals surface area contributed by atoms with Crippen molar-refractivity contribution in [2.24, 2.45) is 5.92 Å². The fraction of sp³-hybridized carbons (Fsp3) is 0.611. The lowest BCUT2D eigenvalue weighted by molar-refractivity contribution is -0.133. The van der Waals surface area contributed by atoms with Crippen LogP contribution in [-0.4, -0.2) is 55.0 Å². The van der Waals surface area contributed by atoms with Crippen LogP contribution >= 0.6 is 24.8 Å². The fourth-order valence-corrected chi connectivity index (χ4v) is 3.44. The maximum atomic E-state index is 12.3.